The highest BCUT2D eigenvalue weighted by Gasteiger charge is 2.25. The normalized spacial score (nSPS) is 10.9. The topological polar surface area (TPSA) is 113 Å². The van der Waals surface area contributed by atoms with Gasteiger partial charge in [0.25, 0.3) is 5.91 Å². The summed E-state index contributed by atoms with van der Waals surface area (Å²) in [7, 11) is 0. The summed E-state index contributed by atoms with van der Waals surface area (Å²) in [5, 5.41) is 22.6. The number of nitro groups is 1. The van der Waals surface area contributed by atoms with Crippen molar-refractivity contribution in [2.45, 2.75) is 6.92 Å². The molecular formula is C14H17N3O5. The van der Waals surface area contributed by atoms with Gasteiger partial charge in [-0.05, 0) is 19.1 Å². The lowest BCUT2D eigenvalue weighted by Crippen LogP contribution is -2.41. The number of imide groups is 1. The highest BCUT2D eigenvalue weighted by atomic mass is 16.6. The van der Waals surface area contributed by atoms with Crippen LogP contribution in [-0.2, 0) is 4.79 Å². The predicted molar refractivity (Wildman–Crippen MR) is 80.3 cm³/mol. The molecule has 0 radical (unpaired) electrons. The number of benzene rings is 1. The number of allylic oxidation sites excluding steroid dienone is 1. The molecule has 1 aromatic carbocycles. The largest absolute Gasteiger partial charge is 0.465 e. The maximum Gasteiger partial charge on any atom is 0.414 e. The molecule has 1 rings (SSSR count). The Hall–Kier alpha value is -2.90. The Morgan fingerprint density at radius 3 is 2.50 bits per heavy atom. The van der Waals surface area contributed by atoms with Crippen molar-refractivity contribution in [1.82, 2.24) is 4.90 Å². The fourth-order valence-electron chi connectivity index (χ4n) is 1.75. The van der Waals surface area contributed by atoms with Crippen molar-refractivity contribution in [2.75, 3.05) is 25.0 Å². The van der Waals surface area contributed by atoms with Crippen LogP contribution in [0, 0.1) is 10.1 Å². The molecule has 0 fully saturated rings. The van der Waals surface area contributed by atoms with E-state index in [0.717, 1.165) is 5.69 Å². The van der Waals surface area contributed by atoms with Crippen LogP contribution in [0.5, 0.6) is 0 Å². The summed E-state index contributed by atoms with van der Waals surface area (Å²) in [6.07, 6.45) is -0.186. The number of carbonyl (C=O) groups excluding carboxylic acids is 1. The van der Waals surface area contributed by atoms with Gasteiger partial charge in [0.15, 0.2) is 0 Å². The van der Waals surface area contributed by atoms with E-state index in [4.69, 9.17) is 5.11 Å². The van der Waals surface area contributed by atoms with Crippen molar-refractivity contribution in [1.29, 1.82) is 0 Å². The molecule has 118 valence electrons. The third-order valence-corrected chi connectivity index (χ3v) is 2.84. The minimum atomic E-state index is -1.44. The van der Waals surface area contributed by atoms with Gasteiger partial charge < -0.3 is 10.4 Å². The zero-order valence-corrected chi connectivity index (χ0v) is 12.1. The number of hydrogen-bond donors (Lipinski definition) is 2. The molecule has 8 nitrogen and oxygen atoms in total. The van der Waals surface area contributed by atoms with Crippen LogP contribution in [-0.4, -0.2) is 46.6 Å². The number of carboxylic acid groups (broad SMARTS) is 1. The van der Waals surface area contributed by atoms with Crippen molar-refractivity contribution >= 4 is 17.7 Å². The van der Waals surface area contributed by atoms with E-state index >= 15 is 0 Å². The Morgan fingerprint density at radius 2 is 2.00 bits per heavy atom. The molecule has 0 aliphatic heterocycles. The van der Waals surface area contributed by atoms with Crippen LogP contribution < -0.4 is 5.32 Å². The van der Waals surface area contributed by atoms with E-state index in [0.29, 0.717) is 4.90 Å². The molecule has 2 amide bonds. The lowest BCUT2D eigenvalue weighted by molar-refractivity contribution is -0.470. The first-order valence-electron chi connectivity index (χ1n) is 6.56. The number of rotatable bonds is 7. The first-order chi connectivity index (χ1) is 10.5. The van der Waals surface area contributed by atoms with E-state index in [1.165, 1.54) is 13.0 Å². The van der Waals surface area contributed by atoms with Crippen molar-refractivity contribution in [3.8, 4) is 0 Å². The predicted octanol–water partition coefficient (Wildman–Crippen LogP) is 1.83. The molecule has 0 unspecified atom stereocenters. The van der Waals surface area contributed by atoms with Gasteiger partial charge >= 0.3 is 6.09 Å². The Bertz CT molecular complexity index is 571. The molecule has 0 aromatic heterocycles. The van der Waals surface area contributed by atoms with Gasteiger partial charge in [0.05, 0.1) is 5.57 Å². The first kappa shape index (κ1) is 17.2. The number of para-hydroxylation sites is 1. The average Bonchev–Trinajstić information content (AvgIpc) is 2.49. The molecule has 22 heavy (non-hydrogen) atoms. The molecule has 0 atom stereocenters. The second-order valence-corrected chi connectivity index (χ2v) is 4.34. The quantitative estimate of drug-likeness (QED) is 0.451. The highest BCUT2D eigenvalue weighted by molar-refractivity contribution is 6.02. The summed E-state index contributed by atoms with van der Waals surface area (Å²) < 4.78 is 0. The zero-order chi connectivity index (χ0) is 16.5. The van der Waals surface area contributed by atoms with Gasteiger partial charge in [0.2, 0.25) is 6.54 Å². The number of nitrogens with zero attached hydrogens (tertiary/aromatic N) is 2. The summed E-state index contributed by atoms with van der Waals surface area (Å²) in [6, 6.07) is 9.08. The molecule has 2 N–H and O–H groups in total. The summed E-state index contributed by atoms with van der Waals surface area (Å²) in [4.78, 5) is 33.6. The molecule has 0 aliphatic carbocycles. The minimum absolute atomic E-state index is 0.113. The van der Waals surface area contributed by atoms with Crippen LogP contribution in [0.15, 0.2) is 42.0 Å². The number of hydrogen-bond acceptors (Lipinski definition) is 5. The Morgan fingerprint density at radius 1 is 1.36 bits per heavy atom. The van der Waals surface area contributed by atoms with Crippen LogP contribution in [0.2, 0.25) is 0 Å². The van der Waals surface area contributed by atoms with E-state index < -0.39 is 23.5 Å². The Kier molecular flexibility index (Phi) is 6.55. The maximum absolute atomic E-state index is 12.0. The fourth-order valence-corrected chi connectivity index (χ4v) is 1.75. The van der Waals surface area contributed by atoms with Gasteiger partial charge in [-0.1, -0.05) is 24.3 Å². The van der Waals surface area contributed by atoms with Gasteiger partial charge in [0, 0.05) is 23.7 Å². The summed E-state index contributed by atoms with van der Waals surface area (Å²) in [5.41, 5.74) is 0.629. The fraction of sp³-hybridized carbons (Fsp3) is 0.286. The van der Waals surface area contributed by atoms with Crippen LogP contribution in [0.25, 0.3) is 0 Å². The van der Waals surface area contributed by atoms with E-state index in [9.17, 15) is 19.7 Å². The Labute approximate surface area is 127 Å². The summed E-state index contributed by atoms with van der Waals surface area (Å²) >= 11 is 0. The molecule has 0 saturated heterocycles. The third-order valence-electron chi connectivity index (χ3n) is 2.84. The summed E-state index contributed by atoms with van der Waals surface area (Å²) in [5.74, 6) is -0.874. The number of carbonyl (C=O) groups is 2. The van der Waals surface area contributed by atoms with Crippen molar-refractivity contribution in [2.24, 2.45) is 0 Å². The van der Waals surface area contributed by atoms with Gasteiger partial charge in [-0.25, -0.2) is 9.69 Å². The van der Waals surface area contributed by atoms with Crippen molar-refractivity contribution < 1.29 is 19.6 Å². The number of amides is 2. The van der Waals surface area contributed by atoms with Gasteiger partial charge in [-0.2, -0.15) is 0 Å². The van der Waals surface area contributed by atoms with Crippen LogP contribution in [0.1, 0.15) is 6.92 Å². The molecule has 0 saturated carbocycles. The monoisotopic (exact) mass is 307 g/mol. The van der Waals surface area contributed by atoms with Gasteiger partial charge in [-0.15, -0.1) is 0 Å². The average molecular weight is 307 g/mol. The number of anilines is 1. The molecular weight excluding hydrogens is 290 g/mol. The maximum atomic E-state index is 12.0. The lowest BCUT2D eigenvalue weighted by Gasteiger charge is -2.18. The Balaban J connectivity index is 2.67. The van der Waals surface area contributed by atoms with Crippen molar-refractivity contribution in [3.63, 3.8) is 0 Å². The second-order valence-electron chi connectivity index (χ2n) is 4.34. The molecule has 1 aromatic rings. The standard InChI is InChI=1S/C14H17N3O5/c1-2-11(10-17(21)22)13(18)16(14(19)20)9-8-15-12-6-4-3-5-7-12/h2-7,15H,8-10H2,1H3,(H,19,20). The van der Waals surface area contributed by atoms with Crippen molar-refractivity contribution in [3.05, 3.63) is 52.1 Å². The van der Waals surface area contributed by atoms with Crippen LogP contribution in [0.4, 0.5) is 10.5 Å². The third kappa shape index (κ3) is 5.23. The van der Waals surface area contributed by atoms with E-state index in [1.54, 1.807) is 12.1 Å². The number of nitrogens with one attached hydrogen (secondary N) is 1. The molecule has 0 aliphatic rings. The molecule has 0 bridgehead atoms. The SMILES string of the molecule is CC=C(C[N+](=O)[O-])C(=O)N(CCNc1ccccc1)C(=O)O. The van der Waals surface area contributed by atoms with Crippen LogP contribution >= 0.6 is 0 Å². The van der Waals surface area contributed by atoms with Gasteiger partial charge in [-0.3, -0.25) is 14.9 Å². The molecule has 8 heteroatoms. The molecule has 0 spiro atoms. The minimum Gasteiger partial charge on any atom is -0.465 e. The van der Waals surface area contributed by atoms with E-state index in [2.05, 4.69) is 5.32 Å². The van der Waals surface area contributed by atoms with Gasteiger partial charge in [0.1, 0.15) is 0 Å². The van der Waals surface area contributed by atoms with E-state index in [1.807, 2.05) is 18.2 Å². The first-order valence-corrected chi connectivity index (χ1v) is 6.56. The zero-order valence-electron chi connectivity index (χ0n) is 12.1. The highest BCUT2D eigenvalue weighted by Crippen LogP contribution is 2.06. The smallest absolute Gasteiger partial charge is 0.414 e. The second kappa shape index (κ2) is 8.40. The van der Waals surface area contributed by atoms with E-state index in [-0.39, 0.29) is 18.7 Å². The lowest BCUT2D eigenvalue weighted by atomic mass is 10.2. The summed E-state index contributed by atoms with van der Waals surface area (Å²) in [6.45, 7) is 0.847. The molecule has 0 heterocycles. The van der Waals surface area contributed by atoms with Crippen LogP contribution in [0.3, 0.4) is 0 Å².